The van der Waals surface area contributed by atoms with E-state index in [4.69, 9.17) is 4.74 Å². The molecule has 2 heterocycles. The molecule has 0 saturated carbocycles. The van der Waals surface area contributed by atoms with Crippen LogP contribution in [0, 0.1) is 0 Å². The topological polar surface area (TPSA) is 54.5 Å². The maximum absolute atomic E-state index is 12.1. The molecule has 0 aliphatic carbocycles. The number of aromatic nitrogens is 1. The molecule has 1 fully saturated rings. The van der Waals surface area contributed by atoms with Gasteiger partial charge in [0.05, 0.1) is 12.7 Å². The highest BCUT2D eigenvalue weighted by Crippen LogP contribution is 2.10. The fraction of sp³-hybridized carbons (Fsp3) is 0.333. The van der Waals surface area contributed by atoms with E-state index in [9.17, 15) is 4.79 Å². The van der Waals surface area contributed by atoms with Crippen LogP contribution in [0.2, 0.25) is 0 Å². The summed E-state index contributed by atoms with van der Waals surface area (Å²) in [7, 11) is 0. The zero-order chi connectivity index (χ0) is 15.9. The lowest BCUT2D eigenvalue weighted by Gasteiger charge is -2.33. The van der Waals surface area contributed by atoms with E-state index in [-0.39, 0.29) is 12.0 Å². The summed E-state index contributed by atoms with van der Waals surface area (Å²) in [6.07, 6.45) is 3.26. The summed E-state index contributed by atoms with van der Waals surface area (Å²) < 4.78 is 5.76. The van der Waals surface area contributed by atoms with Crippen LogP contribution in [-0.4, -0.2) is 48.1 Å². The second-order valence-electron chi connectivity index (χ2n) is 5.66. The molecule has 120 valence electrons. The van der Waals surface area contributed by atoms with Gasteiger partial charge in [0.1, 0.15) is 0 Å². The van der Waals surface area contributed by atoms with E-state index in [0.29, 0.717) is 18.7 Å². The van der Waals surface area contributed by atoms with Crippen LogP contribution in [0.1, 0.15) is 15.9 Å². The van der Waals surface area contributed by atoms with Crippen LogP contribution >= 0.6 is 0 Å². The number of morpholine rings is 1. The van der Waals surface area contributed by atoms with Crippen molar-refractivity contribution in [2.24, 2.45) is 0 Å². The van der Waals surface area contributed by atoms with Crippen LogP contribution in [-0.2, 0) is 11.3 Å². The van der Waals surface area contributed by atoms with Gasteiger partial charge in [0, 0.05) is 44.1 Å². The average molecular weight is 311 g/mol. The van der Waals surface area contributed by atoms with E-state index in [0.717, 1.165) is 19.6 Å². The van der Waals surface area contributed by atoms with Crippen LogP contribution < -0.4 is 5.32 Å². The number of ether oxygens (including phenoxy) is 1. The molecule has 1 unspecified atom stereocenters. The third-order valence-corrected chi connectivity index (χ3v) is 3.90. The molecule has 1 atom stereocenters. The van der Waals surface area contributed by atoms with Crippen molar-refractivity contribution in [2.75, 3.05) is 26.2 Å². The number of nitrogens with zero attached hydrogens (tertiary/aromatic N) is 2. The lowest BCUT2D eigenvalue weighted by Crippen LogP contribution is -2.47. The molecule has 1 aliphatic heterocycles. The molecule has 1 aromatic carbocycles. The summed E-state index contributed by atoms with van der Waals surface area (Å²) >= 11 is 0. The van der Waals surface area contributed by atoms with Crippen LogP contribution in [0.3, 0.4) is 0 Å². The second kappa shape index (κ2) is 7.85. The summed E-state index contributed by atoms with van der Waals surface area (Å²) in [6.45, 7) is 3.88. The normalized spacial score (nSPS) is 18.5. The van der Waals surface area contributed by atoms with Gasteiger partial charge in [-0.05, 0) is 17.7 Å². The Kier molecular flexibility index (Phi) is 5.34. The van der Waals surface area contributed by atoms with Gasteiger partial charge in [0.2, 0.25) is 0 Å². The molecular formula is C18H21N3O2. The molecule has 1 aromatic heterocycles. The average Bonchev–Trinajstić information content (AvgIpc) is 2.62. The van der Waals surface area contributed by atoms with Crippen LogP contribution in [0.15, 0.2) is 54.9 Å². The van der Waals surface area contributed by atoms with Gasteiger partial charge in [-0.2, -0.15) is 0 Å². The number of carbonyl (C=O) groups excluding carboxylic acids is 1. The van der Waals surface area contributed by atoms with E-state index < -0.39 is 0 Å². The van der Waals surface area contributed by atoms with Gasteiger partial charge < -0.3 is 10.1 Å². The molecular weight excluding hydrogens is 290 g/mol. The lowest BCUT2D eigenvalue weighted by atomic mass is 10.2. The Morgan fingerprint density at radius 3 is 2.78 bits per heavy atom. The Bertz CT molecular complexity index is 619. The van der Waals surface area contributed by atoms with Gasteiger partial charge in [-0.15, -0.1) is 0 Å². The summed E-state index contributed by atoms with van der Waals surface area (Å²) in [5, 5.41) is 2.93. The number of carbonyl (C=O) groups is 1. The highest BCUT2D eigenvalue weighted by Gasteiger charge is 2.21. The molecule has 1 aliphatic rings. The molecule has 1 N–H and O–H groups in total. The molecule has 0 radical (unpaired) electrons. The molecule has 0 bridgehead atoms. The highest BCUT2D eigenvalue weighted by molar-refractivity contribution is 5.93. The maximum Gasteiger partial charge on any atom is 0.251 e. The van der Waals surface area contributed by atoms with E-state index in [1.165, 1.54) is 5.56 Å². The third kappa shape index (κ3) is 4.61. The molecule has 3 rings (SSSR count). The van der Waals surface area contributed by atoms with Gasteiger partial charge in [-0.3, -0.25) is 14.7 Å². The maximum atomic E-state index is 12.1. The van der Waals surface area contributed by atoms with Crippen LogP contribution in [0.4, 0.5) is 0 Å². The van der Waals surface area contributed by atoms with E-state index in [1.54, 1.807) is 24.5 Å². The number of amides is 1. The quantitative estimate of drug-likeness (QED) is 0.913. The zero-order valence-electron chi connectivity index (χ0n) is 13.0. The third-order valence-electron chi connectivity index (χ3n) is 3.90. The fourth-order valence-electron chi connectivity index (χ4n) is 2.70. The Labute approximate surface area is 136 Å². The van der Waals surface area contributed by atoms with Gasteiger partial charge >= 0.3 is 0 Å². The molecule has 23 heavy (non-hydrogen) atoms. The predicted molar refractivity (Wildman–Crippen MR) is 88.0 cm³/mol. The number of pyridine rings is 1. The number of rotatable bonds is 5. The largest absolute Gasteiger partial charge is 0.374 e. The van der Waals surface area contributed by atoms with Crippen LogP contribution in [0.25, 0.3) is 0 Å². The number of hydrogen-bond acceptors (Lipinski definition) is 4. The van der Waals surface area contributed by atoms with Gasteiger partial charge in [-0.1, -0.05) is 30.3 Å². The minimum absolute atomic E-state index is 0.0262. The number of benzene rings is 1. The van der Waals surface area contributed by atoms with Crippen molar-refractivity contribution in [2.45, 2.75) is 12.6 Å². The molecule has 2 aromatic rings. The summed E-state index contributed by atoms with van der Waals surface area (Å²) in [4.78, 5) is 18.3. The summed E-state index contributed by atoms with van der Waals surface area (Å²) in [6, 6.07) is 13.8. The number of hydrogen-bond donors (Lipinski definition) is 1. The van der Waals surface area contributed by atoms with Crippen LogP contribution in [0.5, 0.6) is 0 Å². The van der Waals surface area contributed by atoms with Crippen molar-refractivity contribution in [3.63, 3.8) is 0 Å². The molecule has 0 spiro atoms. The fourth-order valence-corrected chi connectivity index (χ4v) is 2.70. The van der Waals surface area contributed by atoms with E-state index in [1.807, 2.05) is 6.07 Å². The first-order valence-corrected chi connectivity index (χ1v) is 7.87. The van der Waals surface area contributed by atoms with E-state index in [2.05, 4.69) is 39.5 Å². The molecule has 1 saturated heterocycles. The Morgan fingerprint density at radius 2 is 2.00 bits per heavy atom. The van der Waals surface area contributed by atoms with Crippen molar-refractivity contribution < 1.29 is 9.53 Å². The molecule has 5 heteroatoms. The highest BCUT2D eigenvalue weighted by atomic mass is 16.5. The summed E-state index contributed by atoms with van der Waals surface area (Å²) in [5.41, 5.74) is 1.92. The first-order valence-electron chi connectivity index (χ1n) is 7.87. The minimum atomic E-state index is -0.0869. The van der Waals surface area contributed by atoms with Gasteiger partial charge in [-0.25, -0.2) is 0 Å². The Balaban J connectivity index is 1.48. The zero-order valence-corrected chi connectivity index (χ0v) is 13.0. The van der Waals surface area contributed by atoms with Crippen molar-refractivity contribution in [1.29, 1.82) is 0 Å². The van der Waals surface area contributed by atoms with Gasteiger partial charge in [0.15, 0.2) is 0 Å². The van der Waals surface area contributed by atoms with Crippen molar-refractivity contribution in [1.82, 2.24) is 15.2 Å². The second-order valence-corrected chi connectivity index (χ2v) is 5.66. The first kappa shape index (κ1) is 15.6. The standard InChI is InChI=1S/C18H21N3O2/c22-18(16-6-8-19-9-7-16)20-12-17-14-21(10-11-23-17)13-15-4-2-1-3-5-15/h1-9,17H,10-14H2,(H,20,22). The monoisotopic (exact) mass is 311 g/mol. The van der Waals surface area contributed by atoms with Crippen molar-refractivity contribution >= 4 is 5.91 Å². The molecule has 5 nitrogen and oxygen atoms in total. The lowest BCUT2D eigenvalue weighted by molar-refractivity contribution is -0.0292. The Morgan fingerprint density at radius 1 is 1.22 bits per heavy atom. The minimum Gasteiger partial charge on any atom is -0.374 e. The van der Waals surface area contributed by atoms with Gasteiger partial charge in [0.25, 0.3) is 5.91 Å². The number of nitrogens with one attached hydrogen (secondary N) is 1. The van der Waals surface area contributed by atoms with Crippen molar-refractivity contribution in [3.05, 3.63) is 66.0 Å². The molecule has 1 amide bonds. The summed E-state index contributed by atoms with van der Waals surface area (Å²) in [5.74, 6) is -0.0869. The smallest absolute Gasteiger partial charge is 0.251 e. The first-order chi connectivity index (χ1) is 11.3. The van der Waals surface area contributed by atoms with E-state index >= 15 is 0 Å². The SMILES string of the molecule is O=C(NCC1CN(Cc2ccccc2)CCO1)c1ccncc1. The predicted octanol–water partition coefficient (Wildman–Crippen LogP) is 1.71. The Hall–Kier alpha value is -2.24. The van der Waals surface area contributed by atoms with Crippen molar-refractivity contribution in [3.8, 4) is 0 Å².